The summed E-state index contributed by atoms with van der Waals surface area (Å²) in [5.41, 5.74) is 9.28. The van der Waals surface area contributed by atoms with Crippen LogP contribution in [0.15, 0.2) is 54.2 Å². The summed E-state index contributed by atoms with van der Waals surface area (Å²) >= 11 is 0. The Morgan fingerprint density at radius 1 is 1.15 bits per heavy atom. The molecule has 2 amide bonds. The Labute approximate surface area is 237 Å². The van der Waals surface area contributed by atoms with Gasteiger partial charge in [0.05, 0.1) is 23.8 Å². The number of halogens is 2. The zero-order chi connectivity index (χ0) is 30.3. The van der Waals surface area contributed by atoms with Crippen molar-refractivity contribution in [3.63, 3.8) is 0 Å². The molecule has 41 heavy (non-hydrogen) atoms. The lowest BCUT2D eigenvalue weighted by atomic mass is 10.1. The van der Waals surface area contributed by atoms with E-state index in [1.807, 2.05) is 32.0 Å². The van der Waals surface area contributed by atoms with Crippen LogP contribution in [0.5, 0.6) is 0 Å². The molecule has 0 radical (unpaired) electrons. The van der Waals surface area contributed by atoms with Gasteiger partial charge >= 0.3 is 0 Å². The van der Waals surface area contributed by atoms with Gasteiger partial charge in [0.25, 0.3) is 11.8 Å². The molecule has 4 N–H and O–H groups in total. The molecule has 0 fully saturated rings. The van der Waals surface area contributed by atoms with Gasteiger partial charge in [-0.25, -0.2) is 13.8 Å². The monoisotopic (exact) mass is 558 g/mol. The standard InChI is InChI=1S/C23H24N6O2.C8H8F2/c1-13(2)29-15(4)28-20-12-27-19-8-7-16(11-17(19)21(20)29)6-5-9-26-23(31)18(22(25)30)10-14(3)24;1-2-6-3-4-7(9)8(10)5-6/h7-8,10-13,24H,9H2,1-4H3,(H2,25,30)(H,26,31);3-5H,2H2,1H3/b18-10+,24-14?;. The minimum Gasteiger partial charge on any atom is -0.365 e. The van der Waals surface area contributed by atoms with Gasteiger partial charge in [0.15, 0.2) is 11.6 Å². The fraction of sp³-hybridized carbons (Fsp3) is 0.258. The first-order chi connectivity index (χ1) is 19.4. The van der Waals surface area contributed by atoms with E-state index in [1.165, 1.54) is 13.0 Å². The highest BCUT2D eigenvalue weighted by atomic mass is 19.2. The third-order valence-corrected chi connectivity index (χ3v) is 6.04. The summed E-state index contributed by atoms with van der Waals surface area (Å²) in [4.78, 5) is 32.6. The van der Waals surface area contributed by atoms with Crippen LogP contribution in [-0.4, -0.2) is 38.6 Å². The maximum Gasteiger partial charge on any atom is 0.257 e. The van der Waals surface area contributed by atoms with Gasteiger partial charge in [-0.1, -0.05) is 24.8 Å². The van der Waals surface area contributed by atoms with Gasteiger partial charge < -0.3 is 21.0 Å². The highest BCUT2D eigenvalue weighted by molar-refractivity contribution is 6.21. The number of hydrogen-bond donors (Lipinski definition) is 3. The molecule has 0 spiro atoms. The van der Waals surface area contributed by atoms with Crippen LogP contribution in [0.1, 0.15) is 50.7 Å². The van der Waals surface area contributed by atoms with Crippen molar-refractivity contribution < 1.29 is 18.4 Å². The lowest BCUT2D eigenvalue weighted by Gasteiger charge is -2.12. The second-order valence-electron chi connectivity index (χ2n) is 9.54. The van der Waals surface area contributed by atoms with E-state index in [0.29, 0.717) is 0 Å². The fourth-order valence-electron chi connectivity index (χ4n) is 4.19. The van der Waals surface area contributed by atoms with Gasteiger partial charge in [-0.05, 0) is 76.1 Å². The van der Waals surface area contributed by atoms with Crippen LogP contribution >= 0.6 is 0 Å². The predicted octanol–water partition coefficient (Wildman–Crippen LogP) is 4.92. The lowest BCUT2D eigenvalue weighted by molar-refractivity contribution is -0.121. The van der Waals surface area contributed by atoms with Crippen molar-refractivity contribution in [3.05, 3.63) is 82.8 Å². The minimum atomic E-state index is -0.889. The molecule has 0 bridgehead atoms. The number of carbonyl (C=O) groups excluding carboxylic acids is 2. The Morgan fingerprint density at radius 2 is 1.88 bits per heavy atom. The van der Waals surface area contributed by atoms with Gasteiger partial charge in [0.2, 0.25) is 0 Å². The molecule has 0 aliphatic rings. The van der Waals surface area contributed by atoms with Gasteiger partial charge in [-0.15, -0.1) is 0 Å². The van der Waals surface area contributed by atoms with Crippen LogP contribution in [0.4, 0.5) is 8.78 Å². The van der Waals surface area contributed by atoms with E-state index in [9.17, 15) is 18.4 Å². The first-order valence-electron chi connectivity index (χ1n) is 13.0. The highest BCUT2D eigenvalue weighted by Gasteiger charge is 2.15. The van der Waals surface area contributed by atoms with Crippen molar-refractivity contribution in [2.75, 3.05) is 6.54 Å². The van der Waals surface area contributed by atoms with E-state index < -0.39 is 23.4 Å². The van der Waals surface area contributed by atoms with Crippen molar-refractivity contribution >= 4 is 39.5 Å². The van der Waals surface area contributed by atoms with Gasteiger partial charge in [0, 0.05) is 22.7 Å². The SMILES string of the molecule is CC(=N)/C=C(\C(N)=O)C(=O)NCC#Cc1ccc2ncc3nc(C)n(C(C)C)c3c2c1.CCc1ccc(F)c(F)c1. The van der Waals surface area contributed by atoms with Gasteiger partial charge in [-0.3, -0.25) is 14.6 Å². The number of carbonyl (C=O) groups is 2. The normalized spacial score (nSPS) is 11.1. The van der Waals surface area contributed by atoms with Crippen LogP contribution < -0.4 is 11.1 Å². The molecule has 2 aromatic carbocycles. The molecule has 8 nitrogen and oxygen atoms in total. The van der Waals surface area contributed by atoms with Crippen molar-refractivity contribution in [1.82, 2.24) is 19.9 Å². The molecule has 0 aliphatic heterocycles. The number of amides is 2. The quantitative estimate of drug-likeness (QED) is 0.102. The number of aromatic nitrogens is 3. The van der Waals surface area contributed by atoms with E-state index >= 15 is 0 Å². The van der Waals surface area contributed by atoms with E-state index in [2.05, 4.69) is 45.5 Å². The molecular formula is C31H32F2N6O2. The Hall–Kier alpha value is -4.91. The zero-order valence-electron chi connectivity index (χ0n) is 23.6. The summed E-state index contributed by atoms with van der Waals surface area (Å²) in [6.07, 6.45) is 3.65. The summed E-state index contributed by atoms with van der Waals surface area (Å²) in [6.45, 7) is 9.58. The Balaban J connectivity index is 0.000000389. The number of benzene rings is 2. The smallest absolute Gasteiger partial charge is 0.257 e. The van der Waals surface area contributed by atoms with Gasteiger partial charge in [-0.2, -0.15) is 0 Å². The molecule has 2 aromatic heterocycles. The average molecular weight is 559 g/mol. The summed E-state index contributed by atoms with van der Waals surface area (Å²) < 4.78 is 26.8. The van der Waals surface area contributed by atoms with Crippen molar-refractivity contribution in [1.29, 1.82) is 5.41 Å². The first-order valence-corrected chi connectivity index (χ1v) is 13.0. The number of nitrogens with zero attached hydrogens (tertiary/aromatic N) is 3. The number of imidazole rings is 1. The number of nitrogens with one attached hydrogen (secondary N) is 2. The second kappa shape index (κ2) is 13.4. The average Bonchev–Trinajstić information content (AvgIpc) is 3.27. The number of aryl methyl sites for hydroxylation is 2. The Bertz CT molecular complexity index is 1730. The summed E-state index contributed by atoms with van der Waals surface area (Å²) in [6, 6.07) is 9.93. The van der Waals surface area contributed by atoms with E-state index in [1.54, 1.807) is 12.3 Å². The maximum atomic E-state index is 12.4. The summed E-state index contributed by atoms with van der Waals surface area (Å²) in [5.74, 6) is 3.73. The topological polar surface area (TPSA) is 127 Å². The highest BCUT2D eigenvalue weighted by Crippen LogP contribution is 2.28. The molecule has 4 rings (SSSR count). The molecule has 10 heteroatoms. The number of hydrogen-bond acceptors (Lipinski definition) is 5. The number of primary amides is 1. The number of pyridine rings is 1. The predicted molar refractivity (Wildman–Crippen MR) is 156 cm³/mol. The molecule has 212 valence electrons. The van der Waals surface area contributed by atoms with E-state index in [4.69, 9.17) is 11.1 Å². The molecule has 0 atom stereocenters. The minimum absolute atomic E-state index is 0.0318. The van der Waals surface area contributed by atoms with Crippen LogP contribution in [0.2, 0.25) is 0 Å². The maximum absolute atomic E-state index is 12.4. The molecule has 0 aliphatic carbocycles. The van der Waals surface area contributed by atoms with E-state index in [0.717, 1.165) is 57.5 Å². The second-order valence-corrected chi connectivity index (χ2v) is 9.54. The van der Waals surface area contributed by atoms with Crippen molar-refractivity contribution in [3.8, 4) is 11.8 Å². The summed E-state index contributed by atoms with van der Waals surface area (Å²) in [5, 5.41) is 10.9. The van der Waals surface area contributed by atoms with Crippen LogP contribution in [0, 0.1) is 35.8 Å². The van der Waals surface area contributed by atoms with Crippen LogP contribution in [0.25, 0.3) is 21.9 Å². The Morgan fingerprint density at radius 3 is 2.49 bits per heavy atom. The molecular weight excluding hydrogens is 526 g/mol. The van der Waals surface area contributed by atoms with Crippen molar-refractivity contribution in [2.45, 2.75) is 47.1 Å². The fourth-order valence-corrected chi connectivity index (χ4v) is 4.19. The van der Waals surface area contributed by atoms with Crippen LogP contribution in [-0.2, 0) is 16.0 Å². The van der Waals surface area contributed by atoms with E-state index in [-0.39, 0.29) is 23.9 Å². The third-order valence-electron chi connectivity index (χ3n) is 6.04. The van der Waals surface area contributed by atoms with Gasteiger partial charge in [0.1, 0.15) is 16.9 Å². The molecule has 0 unspecified atom stereocenters. The molecule has 4 aromatic rings. The molecule has 0 saturated carbocycles. The first kappa shape index (κ1) is 30.6. The van der Waals surface area contributed by atoms with Crippen LogP contribution in [0.3, 0.4) is 0 Å². The molecule has 0 saturated heterocycles. The summed E-state index contributed by atoms with van der Waals surface area (Å²) in [7, 11) is 0. The number of nitrogens with two attached hydrogens (primary N) is 1. The lowest BCUT2D eigenvalue weighted by Crippen LogP contribution is -2.32. The largest absolute Gasteiger partial charge is 0.365 e. The Kier molecular flexibility index (Phi) is 10.0. The number of rotatable bonds is 6. The van der Waals surface area contributed by atoms with Crippen molar-refractivity contribution in [2.24, 2.45) is 5.73 Å². The third kappa shape index (κ3) is 7.60. The molecule has 2 heterocycles. The number of fused-ring (bicyclic) bond motifs is 3. The zero-order valence-corrected chi connectivity index (χ0v) is 23.6. The number of allylic oxidation sites excluding steroid dienone is 1.